The Hall–Kier alpha value is -1.06. The highest BCUT2D eigenvalue weighted by Crippen LogP contribution is 2.18. The van der Waals surface area contributed by atoms with Crippen LogP contribution in [0, 0.1) is 6.92 Å². The molecule has 0 spiro atoms. The van der Waals surface area contributed by atoms with Gasteiger partial charge in [-0.15, -0.1) is 12.4 Å². The molecule has 13 heavy (non-hydrogen) atoms. The molecule has 4 heteroatoms. The molecule has 2 aromatic rings. The molecule has 70 valence electrons. The van der Waals surface area contributed by atoms with Gasteiger partial charge in [0, 0.05) is 11.9 Å². The smallest absolute Gasteiger partial charge is 0.167 e. The van der Waals surface area contributed by atoms with Crippen molar-refractivity contribution in [1.29, 1.82) is 0 Å². The number of nitrogens with zero attached hydrogens (tertiary/aromatic N) is 1. The molecule has 0 atom stereocenters. The van der Waals surface area contributed by atoms with Gasteiger partial charge in [-0.2, -0.15) is 0 Å². The zero-order valence-electron chi connectivity index (χ0n) is 7.28. The van der Waals surface area contributed by atoms with Crippen molar-refractivity contribution in [1.82, 2.24) is 5.16 Å². The second kappa shape index (κ2) is 3.77. The zero-order valence-corrected chi connectivity index (χ0v) is 8.10. The van der Waals surface area contributed by atoms with Gasteiger partial charge < -0.3 is 10.3 Å². The number of rotatable bonds is 1. The average molecular weight is 199 g/mol. The Morgan fingerprint density at radius 2 is 2.23 bits per heavy atom. The Kier molecular flexibility index (Phi) is 2.90. The fourth-order valence-electron chi connectivity index (χ4n) is 1.25. The van der Waals surface area contributed by atoms with Crippen molar-refractivity contribution in [2.45, 2.75) is 13.5 Å². The minimum atomic E-state index is 0. The molecule has 0 aliphatic rings. The van der Waals surface area contributed by atoms with Gasteiger partial charge in [-0.05, 0) is 19.1 Å². The van der Waals surface area contributed by atoms with Crippen LogP contribution in [0.25, 0.3) is 11.0 Å². The second-order valence-corrected chi connectivity index (χ2v) is 2.83. The van der Waals surface area contributed by atoms with Gasteiger partial charge in [-0.25, -0.2) is 0 Å². The summed E-state index contributed by atoms with van der Waals surface area (Å²) in [7, 11) is 0. The maximum atomic E-state index is 5.49. The van der Waals surface area contributed by atoms with E-state index in [1.165, 1.54) is 5.56 Å². The lowest BCUT2D eigenvalue weighted by Gasteiger charge is -1.91. The molecule has 0 unspecified atom stereocenters. The summed E-state index contributed by atoms with van der Waals surface area (Å²) in [6.45, 7) is 2.46. The Morgan fingerprint density at radius 1 is 1.46 bits per heavy atom. The Bertz CT molecular complexity index is 411. The molecule has 0 amide bonds. The molecule has 1 heterocycles. The number of hydrogen-bond acceptors (Lipinski definition) is 3. The van der Waals surface area contributed by atoms with Gasteiger partial charge in [-0.1, -0.05) is 16.8 Å². The fourth-order valence-corrected chi connectivity index (χ4v) is 1.25. The molecule has 0 saturated heterocycles. The van der Waals surface area contributed by atoms with Gasteiger partial charge >= 0.3 is 0 Å². The van der Waals surface area contributed by atoms with Gasteiger partial charge in [0.2, 0.25) is 0 Å². The third-order valence-corrected chi connectivity index (χ3v) is 1.89. The van der Waals surface area contributed by atoms with Gasteiger partial charge in [0.25, 0.3) is 0 Å². The van der Waals surface area contributed by atoms with Gasteiger partial charge in [0.15, 0.2) is 5.58 Å². The summed E-state index contributed by atoms with van der Waals surface area (Å²) in [6, 6.07) is 5.94. The van der Waals surface area contributed by atoms with E-state index >= 15 is 0 Å². The monoisotopic (exact) mass is 198 g/mol. The van der Waals surface area contributed by atoms with Crippen LogP contribution >= 0.6 is 12.4 Å². The number of halogens is 1. The van der Waals surface area contributed by atoms with Crippen LogP contribution in [0.15, 0.2) is 22.7 Å². The number of nitrogens with two attached hydrogens (primary N) is 1. The number of hydrogen-bond donors (Lipinski definition) is 1. The average Bonchev–Trinajstić information content (AvgIpc) is 2.46. The third-order valence-electron chi connectivity index (χ3n) is 1.89. The number of aryl methyl sites for hydroxylation is 1. The van der Waals surface area contributed by atoms with Crippen LogP contribution < -0.4 is 5.73 Å². The maximum Gasteiger partial charge on any atom is 0.167 e. The van der Waals surface area contributed by atoms with Crippen LogP contribution in [0.2, 0.25) is 0 Å². The van der Waals surface area contributed by atoms with Crippen molar-refractivity contribution in [3.8, 4) is 0 Å². The van der Waals surface area contributed by atoms with E-state index in [0.29, 0.717) is 6.54 Å². The molecule has 0 fully saturated rings. The van der Waals surface area contributed by atoms with Gasteiger partial charge in [0.05, 0.1) is 0 Å². The topological polar surface area (TPSA) is 52.0 Å². The SMILES string of the molecule is Cc1ccc2onc(CN)c2c1.Cl. The summed E-state index contributed by atoms with van der Waals surface area (Å²) in [5.74, 6) is 0. The zero-order chi connectivity index (χ0) is 8.55. The molecule has 1 aromatic carbocycles. The Morgan fingerprint density at radius 3 is 2.92 bits per heavy atom. The van der Waals surface area contributed by atoms with E-state index in [1.54, 1.807) is 0 Å². The van der Waals surface area contributed by atoms with Crippen molar-refractivity contribution in [2.24, 2.45) is 5.73 Å². The largest absolute Gasteiger partial charge is 0.356 e. The number of fused-ring (bicyclic) bond motifs is 1. The van der Waals surface area contributed by atoms with Crippen LogP contribution in [-0.2, 0) is 6.54 Å². The van der Waals surface area contributed by atoms with Crippen molar-refractivity contribution in [3.63, 3.8) is 0 Å². The minimum absolute atomic E-state index is 0. The number of aromatic nitrogens is 1. The van der Waals surface area contributed by atoms with Crippen molar-refractivity contribution >= 4 is 23.4 Å². The molecule has 0 aliphatic carbocycles. The van der Waals surface area contributed by atoms with Gasteiger partial charge in [0.1, 0.15) is 5.69 Å². The molecule has 0 radical (unpaired) electrons. The fraction of sp³-hybridized carbons (Fsp3) is 0.222. The quantitative estimate of drug-likeness (QED) is 0.763. The molecular formula is C9H11ClN2O. The summed E-state index contributed by atoms with van der Waals surface area (Å²) in [4.78, 5) is 0. The predicted octanol–water partition coefficient (Wildman–Crippen LogP) is 2.02. The maximum absolute atomic E-state index is 5.49. The lowest BCUT2D eigenvalue weighted by atomic mass is 10.1. The Labute approximate surface area is 82.3 Å². The first kappa shape index (κ1) is 10.0. The normalized spacial score (nSPS) is 10.0. The molecule has 0 bridgehead atoms. The van der Waals surface area contributed by atoms with E-state index in [0.717, 1.165) is 16.7 Å². The standard InChI is InChI=1S/C9H10N2O.ClH/c1-6-2-3-9-7(4-6)8(5-10)11-12-9;/h2-4H,5,10H2,1H3;1H. The third kappa shape index (κ3) is 1.66. The molecule has 2 N–H and O–H groups in total. The second-order valence-electron chi connectivity index (χ2n) is 2.83. The van der Waals surface area contributed by atoms with Crippen LogP contribution in [0.4, 0.5) is 0 Å². The first-order chi connectivity index (χ1) is 5.81. The highest BCUT2D eigenvalue weighted by Gasteiger charge is 2.04. The summed E-state index contributed by atoms with van der Waals surface area (Å²) in [6.07, 6.45) is 0. The molecule has 0 saturated carbocycles. The Balaban J connectivity index is 0.000000845. The van der Waals surface area contributed by atoms with Gasteiger partial charge in [-0.3, -0.25) is 0 Å². The summed E-state index contributed by atoms with van der Waals surface area (Å²) in [5.41, 5.74) is 8.32. The van der Waals surface area contributed by atoms with Crippen LogP contribution in [-0.4, -0.2) is 5.16 Å². The summed E-state index contributed by atoms with van der Waals surface area (Å²) in [5, 5.41) is 4.88. The highest BCUT2D eigenvalue weighted by atomic mass is 35.5. The lowest BCUT2D eigenvalue weighted by molar-refractivity contribution is 0.446. The molecule has 0 aliphatic heterocycles. The van der Waals surface area contributed by atoms with E-state index < -0.39 is 0 Å². The summed E-state index contributed by atoms with van der Waals surface area (Å²) < 4.78 is 5.06. The molecular weight excluding hydrogens is 188 g/mol. The highest BCUT2D eigenvalue weighted by molar-refractivity contribution is 5.85. The van der Waals surface area contributed by atoms with Crippen molar-refractivity contribution in [2.75, 3.05) is 0 Å². The van der Waals surface area contributed by atoms with Crippen LogP contribution in [0.3, 0.4) is 0 Å². The van der Waals surface area contributed by atoms with Crippen LogP contribution in [0.5, 0.6) is 0 Å². The van der Waals surface area contributed by atoms with Crippen LogP contribution in [0.1, 0.15) is 11.3 Å². The van der Waals surface area contributed by atoms with E-state index in [9.17, 15) is 0 Å². The van der Waals surface area contributed by atoms with E-state index in [-0.39, 0.29) is 12.4 Å². The predicted molar refractivity (Wildman–Crippen MR) is 53.9 cm³/mol. The van der Waals surface area contributed by atoms with Crippen molar-refractivity contribution < 1.29 is 4.52 Å². The van der Waals surface area contributed by atoms with E-state index in [2.05, 4.69) is 5.16 Å². The molecule has 2 rings (SSSR count). The first-order valence-corrected chi connectivity index (χ1v) is 3.86. The van der Waals surface area contributed by atoms with E-state index in [1.807, 2.05) is 25.1 Å². The van der Waals surface area contributed by atoms with E-state index in [4.69, 9.17) is 10.3 Å². The number of benzene rings is 1. The molecule has 1 aromatic heterocycles. The molecule has 3 nitrogen and oxygen atoms in total. The summed E-state index contributed by atoms with van der Waals surface area (Å²) >= 11 is 0. The lowest BCUT2D eigenvalue weighted by Crippen LogP contribution is -1.96. The first-order valence-electron chi connectivity index (χ1n) is 3.86. The van der Waals surface area contributed by atoms with Crippen molar-refractivity contribution in [3.05, 3.63) is 29.5 Å². The minimum Gasteiger partial charge on any atom is -0.356 e.